The summed E-state index contributed by atoms with van der Waals surface area (Å²) in [4.78, 5) is 15.9. The fourth-order valence-corrected chi connectivity index (χ4v) is 1.78. The largest absolute Gasteiger partial charge is 0.481 e. The summed E-state index contributed by atoms with van der Waals surface area (Å²) in [5.41, 5.74) is 2.37. The molecule has 1 N–H and O–H groups in total. The van der Waals surface area contributed by atoms with Gasteiger partial charge in [-0.3, -0.25) is 4.79 Å². The van der Waals surface area contributed by atoms with Crippen LogP contribution in [0.1, 0.15) is 16.7 Å². The van der Waals surface area contributed by atoms with Crippen molar-refractivity contribution in [2.24, 2.45) is 0 Å². The lowest BCUT2D eigenvalue weighted by atomic mass is 10.1. The van der Waals surface area contributed by atoms with Gasteiger partial charge in [0.15, 0.2) is 0 Å². The Balaban J connectivity index is 1.85. The molecule has 21 heavy (non-hydrogen) atoms. The Bertz CT molecular complexity index is 643. The zero-order valence-electron chi connectivity index (χ0n) is 11.7. The van der Waals surface area contributed by atoms with Gasteiger partial charge in [-0.15, -0.1) is 0 Å². The number of hydrogen-bond acceptors (Lipinski definition) is 4. The average Bonchev–Trinajstić information content (AvgIpc) is 2.54. The van der Waals surface area contributed by atoms with Gasteiger partial charge in [-0.2, -0.15) is 5.26 Å². The van der Waals surface area contributed by atoms with Crippen LogP contribution in [-0.4, -0.2) is 18.0 Å². The SMILES string of the molecule is COc1ccc(CNC(=O)Cc2ccc(C#N)cc2)cn1. The minimum atomic E-state index is -0.0736. The molecule has 0 radical (unpaired) electrons. The normalized spacial score (nSPS) is 9.71. The van der Waals surface area contributed by atoms with Crippen LogP contribution >= 0.6 is 0 Å². The molecule has 106 valence electrons. The van der Waals surface area contributed by atoms with Gasteiger partial charge in [-0.25, -0.2) is 4.98 Å². The second kappa shape index (κ2) is 7.06. The van der Waals surface area contributed by atoms with Crippen molar-refractivity contribution in [2.45, 2.75) is 13.0 Å². The van der Waals surface area contributed by atoms with Crippen molar-refractivity contribution >= 4 is 5.91 Å². The Morgan fingerprint density at radius 3 is 2.52 bits per heavy atom. The lowest BCUT2D eigenvalue weighted by molar-refractivity contribution is -0.120. The molecule has 0 aliphatic rings. The second-order valence-electron chi connectivity index (χ2n) is 4.47. The van der Waals surface area contributed by atoms with Gasteiger partial charge in [0.1, 0.15) is 0 Å². The van der Waals surface area contributed by atoms with Crippen LogP contribution in [-0.2, 0) is 17.8 Å². The number of amides is 1. The summed E-state index contributed by atoms with van der Waals surface area (Å²) in [6.07, 6.45) is 1.95. The molecule has 0 aliphatic heterocycles. The molecule has 0 saturated heterocycles. The Morgan fingerprint density at radius 2 is 1.95 bits per heavy atom. The standard InChI is InChI=1S/C16H15N3O2/c1-21-16-7-6-14(11-19-16)10-18-15(20)8-12-2-4-13(9-17)5-3-12/h2-7,11H,8,10H2,1H3,(H,18,20). The van der Waals surface area contributed by atoms with Crippen LogP contribution in [0, 0.1) is 11.3 Å². The molecule has 1 amide bonds. The molecule has 0 saturated carbocycles. The molecule has 0 unspecified atom stereocenters. The summed E-state index contributed by atoms with van der Waals surface area (Å²) >= 11 is 0. The van der Waals surface area contributed by atoms with E-state index < -0.39 is 0 Å². The molecule has 1 aromatic heterocycles. The smallest absolute Gasteiger partial charge is 0.224 e. The molecule has 1 heterocycles. The van der Waals surface area contributed by atoms with Crippen LogP contribution in [0.4, 0.5) is 0 Å². The van der Waals surface area contributed by atoms with E-state index in [1.54, 1.807) is 43.6 Å². The van der Waals surface area contributed by atoms with Crippen molar-refractivity contribution in [3.05, 3.63) is 59.3 Å². The number of nitriles is 1. The Labute approximate surface area is 123 Å². The minimum Gasteiger partial charge on any atom is -0.481 e. The van der Waals surface area contributed by atoms with Crippen molar-refractivity contribution in [1.82, 2.24) is 10.3 Å². The highest BCUT2D eigenvalue weighted by Crippen LogP contribution is 2.07. The highest BCUT2D eigenvalue weighted by atomic mass is 16.5. The third kappa shape index (κ3) is 4.32. The molecular formula is C16H15N3O2. The minimum absolute atomic E-state index is 0.0736. The molecule has 5 nitrogen and oxygen atoms in total. The molecule has 1 aromatic carbocycles. The fourth-order valence-electron chi connectivity index (χ4n) is 1.78. The van der Waals surface area contributed by atoms with Crippen LogP contribution in [0.15, 0.2) is 42.6 Å². The third-order valence-corrected chi connectivity index (χ3v) is 2.94. The zero-order valence-corrected chi connectivity index (χ0v) is 11.7. The molecule has 0 spiro atoms. The lowest BCUT2D eigenvalue weighted by Gasteiger charge is -2.06. The number of methoxy groups -OCH3 is 1. The maximum Gasteiger partial charge on any atom is 0.224 e. The molecule has 0 fully saturated rings. The van der Waals surface area contributed by atoms with E-state index in [0.29, 0.717) is 18.0 Å². The predicted molar refractivity (Wildman–Crippen MR) is 77.5 cm³/mol. The van der Waals surface area contributed by atoms with Crippen molar-refractivity contribution in [1.29, 1.82) is 5.26 Å². The topological polar surface area (TPSA) is 75.0 Å². The molecule has 0 bridgehead atoms. The number of pyridine rings is 1. The number of benzene rings is 1. The highest BCUT2D eigenvalue weighted by molar-refractivity contribution is 5.78. The molecule has 0 atom stereocenters. The number of nitrogens with zero attached hydrogens (tertiary/aromatic N) is 2. The predicted octanol–water partition coefficient (Wildman–Crippen LogP) is 1.82. The molecule has 2 rings (SSSR count). The van der Waals surface area contributed by atoms with Crippen LogP contribution in [0.3, 0.4) is 0 Å². The number of rotatable bonds is 5. The number of ether oxygens (including phenoxy) is 1. The van der Waals surface area contributed by atoms with Gasteiger partial charge in [0.25, 0.3) is 0 Å². The van der Waals surface area contributed by atoms with E-state index in [-0.39, 0.29) is 12.3 Å². The molecule has 5 heteroatoms. The van der Waals surface area contributed by atoms with E-state index in [0.717, 1.165) is 11.1 Å². The van der Waals surface area contributed by atoms with Gasteiger partial charge in [0.05, 0.1) is 25.2 Å². The molecule has 0 aliphatic carbocycles. The van der Waals surface area contributed by atoms with E-state index >= 15 is 0 Å². The van der Waals surface area contributed by atoms with Crippen LogP contribution in [0.2, 0.25) is 0 Å². The number of carbonyl (C=O) groups excluding carboxylic acids is 1. The average molecular weight is 281 g/mol. The van der Waals surface area contributed by atoms with E-state index in [1.165, 1.54) is 0 Å². The Hall–Kier alpha value is -2.87. The quantitative estimate of drug-likeness (QED) is 0.907. The summed E-state index contributed by atoms with van der Waals surface area (Å²) in [7, 11) is 1.56. The van der Waals surface area contributed by atoms with E-state index in [1.807, 2.05) is 12.1 Å². The first-order valence-corrected chi connectivity index (χ1v) is 6.46. The summed E-state index contributed by atoms with van der Waals surface area (Å²) in [6, 6.07) is 12.6. The van der Waals surface area contributed by atoms with E-state index in [4.69, 9.17) is 10.00 Å². The van der Waals surface area contributed by atoms with Crippen LogP contribution in [0.5, 0.6) is 5.88 Å². The number of hydrogen-bond donors (Lipinski definition) is 1. The zero-order chi connectivity index (χ0) is 15.1. The molecule has 2 aromatic rings. The number of carbonyl (C=O) groups is 1. The van der Waals surface area contributed by atoms with Gasteiger partial charge >= 0.3 is 0 Å². The summed E-state index contributed by atoms with van der Waals surface area (Å²) in [5, 5.41) is 11.5. The molecular weight excluding hydrogens is 266 g/mol. The summed E-state index contributed by atoms with van der Waals surface area (Å²) in [6.45, 7) is 0.423. The maximum absolute atomic E-state index is 11.8. The first kappa shape index (κ1) is 14.5. The van der Waals surface area contributed by atoms with E-state index in [9.17, 15) is 4.79 Å². The second-order valence-corrected chi connectivity index (χ2v) is 4.47. The lowest BCUT2D eigenvalue weighted by Crippen LogP contribution is -2.24. The highest BCUT2D eigenvalue weighted by Gasteiger charge is 2.04. The van der Waals surface area contributed by atoms with Gasteiger partial charge < -0.3 is 10.1 Å². The Morgan fingerprint density at radius 1 is 1.24 bits per heavy atom. The first-order valence-electron chi connectivity index (χ1n) is 6.46. The fraction of sp³-hybridized carbons (Fsp3) is 0.188. The van der Waals surface area contributed by atoms with Crippen molar-refractivity contribution in [2.75, 3.05) is 7.11 Å². The third-order valence-electron chi connectivity index (χ3n) is 2.94. The van der Waals surface area contributed by atoms with Gasteiger partial charge in [-0.05, 0) is 23.3 Å². The maximum atomic E-state index is 11.8. The monoisotopic (exact) mass is 281 g/mol. The number of aromatic nitrogens is 1. The van der Waals surface area contributed by atoms with Crippen LogP contribution < -0.4 is 10.1 Å². The van der Waals surface area contributed by atoms with Gasteiger partial charge in [0.2, 0.25) is 11.8 Å². The van der Waals surface area contributed by atoms with Crippen molar-refractivity contribution < 1.29 is 9.53 Å². The van der Waals surface area contributed by atoms with Crippen molar-refractivity contribution in [3.63, 3.8) is 0 Å². The van der Waals surface area contributed by atoms with Crippen LogP contribution in [0.25, 0.3) is 0 Å². The summed E-state index contributed by atoms with van der Waals surface area (Å²) in [5.74, 6) is 0.471. The number of nitrogens with one attached hydrogen (secondary N) is 1. The van der Waals surface area contributed by atoms with Gasteiger partial charge in [0, 0.05) is 18.8 Å². The Kier molecular flexibility index (Phi) is 4.89. The van der Waals surface area contributed by atoms with Gasteiger partial charge in [-0.1, -0.05) is 18.2 Å². The van der Waals surface area contributed by atoms with Crippen molar-refractivity contribution in [3.8, 4) is 11.9 Å². The summed E-state index contributed by atoms with van der Waals surface area (Å²) < 4.78 is 4.97. The first-order chi connectivity index (χ1) is 10.2. The van der Waals surface area contributed by atoms with E-state index in [2.05, 4.69) is 10.3 Å².